The van der Waals surface area contributed by atoms with E-state index in [1.807, 2.05) is 14.2 Å². The highest BCUT2D eigenvalue weighted by Crippen LogP contribution is 2.53. The number of nitrogens with one attached hydrogen (secondary N) is 2. The van der Waals surface area contributed by atoms with E-state index in [9.17, 15) is 14.7 Å². The lowest BCUT2D eigenvalue weighted by atomic mass is 9.58. The molecule has 3 saturated carbocycles. The van der Waals surface area contributed by atoms with Gasteiger partial charge in [0.15, 0.2) is 11.2 Å². The molecule has 12 nitrogen and oxygen atoms in total. The molecular formula is C35H55N5O7. The van der Waals surface area contributed by atoms with Gasteiger partial charge in [-0.1, -0.05) is 33.1 Å². The fourth-order valence-electron chi connectivity index (χ4n) is 9.13. The summed E-state index contributed by atoms with van der Waals surface area (Å²) >= 11 is 0. The summed E-state index contributed by atoms with van der Waals surface area (Å²) in [6.45, 7) is 3.84. The van der Waals surface area contributed by atoms with E-state index in [0.29, 0.717) is 48.6 Å². The monoisotopic (exact) mass is 657 g/mol. The minimum Gasteiger partial charge on any atom is -0.390 e. The van der Waals surface area contributed by atoms with Crippen molar-refractivity contribution in [2.75, 3.05) is 26.1 Å². The van der Waals surface area contributed by atoms with Gasteiger partial charge in [0.05, 0.1) is 36.8 Å². The highest BCUT2D eigenvalue weighted by atomic mass is 16.6. The Bertz CT molecular complexity index is 1360. The van der Waals surface area contributed by atoms with Gasteiger partial charge in [-0.05, 0) is 82.0 Å². The molecule has 1 saturated heterocycles. The average molecular weight is 658 g/mol. The molecule has 0 bridgehead atoms. The zero-order valence-corrected chi connectivity index (χ0v) is 28.6. The van der Waals surface area contributed by atoms with Gasteiger partial charge in [0.1, 0.15) is 12.3 Å². The molecule has 3 atom stereocenters. The molecule has 3 unspecified atom stereocenters. The number of aliphatic hydroxyl groups is 1. The standard InChI is InChI=1S/C35H55N5O7/c1-21(2)32(42)38-34-37-31-30(33(43)39-34)36-20-40(31)29-18-27(41)28(47-29)19-46-35(22-8-6-5-7-9-22,23-10-14-25(44-3)15-11-23)24-12-16-26(45-4)17-13-24/h20-29,41H,5-19H2,1-4H3,(H2,37,38,39,42,43). The summed E-state index contributed by atoms with van der Waals surface area (Å²) in [6, 6.07) is 0. The number of nitrogens with zero attached hydrogens (tertiary/aromatic N) is 3. The van der Waals surface area contributed by atoms with Crippen LogP contribution in [0.1, 0.15) is 110 Å². The number of hydrogen-bond donors (Lipinski definition) is 3. The zero-order chi connectivity index (χ0) is 33.1. The molecule has 2 aromatic heterocycles. The summed E-state index contributed by atoms with van der Waals surface area (Å²) in [5.74, 6) is 0.876. The predicted molar refractivity (Wildman–Crippen MR) is 177 cm³/mol. The first kappa shape index (κ1) is 34.5. The first-order valence-electron chi connectivity index (χ1n) is 18.0. The van der Waals surface area contributed by atoms with Gasteiger partial charge < -0.3 is 24.1 Å². The van der Waals surface area contributed by atoms with Crippen molar-refractivity contribution >= 4 is 23.0 Å². The maximum Gasteiger partial charge on any atom is 0.280 e. The van der Waals surface area contributed by atoms with Crippen LogP contribution in [0.2, 0.25) is 0 Å². The van der Waals surface area contributed by atoms with Crippen molar-refractivity contribution in [3.63, 3.8) is 0 Å². The topological polar surface area (TPSA) is 150 Å². The Hall–Kier alpha value is -2.38. The van der Waals surface area contributed by atoms with Gasteiger partial charge >= 0.3 is 0 Å². The van der Waals surface area contributed by atoms with E-state index in [-0.39, 0.29) is 28.9 Å². The molecule has 3 aliphatic carbocycles. The van der Waals surface area contributed by atoms with Gasteiger partial charge in [-0.15, -0.1) is 0 Å². The summed E-state index contributed by atoms with van der Waals surface area (Å²) in [7, 11) is 3.66. The number of imidazole rings is 1. The lowest BCUT2D eigenvalue weighted by Crippen LogP contribution is -2.57. The van der Waals surface area contributed by atoms with Crippen LogP contribution >= 0.6 is 0 Å². The highest BCUT2D eigenvalue weighted by molar-refractivity contribution is 5.91. The fraction of sp³-hybridized carbons (Fsp3) is 0.829. The Kier molecular flexibility index (Phi) is 11.0. The summed E-state index contributed by atoms with van der Waals surface area (Å²) in [5.41, 5.74) is -0.276. The minimum atomic E-state index is -0.753. The van der Waals surface area contributed by atoms with Crippen LogP contribution in [0.4, 0.5) is 5.95 Å². The van der Waals surface area contributed by atoms with Crippen LogP contribution < -0.4 is 10.9 Å². The number of carbonyl (C=O) groups excluding carboxylic acids is 1. The van der Waals surface area contributed by atoms with E-state index < -0.39 is 24.0 Å². The quantitative estimate of drug-likeness (QED) is 0.300. The van der Waals surface area contributed by atoms with Crippen molar-refractivity contribution in [1.29, 1.82) is 0 Å². The second-order valence-corrected chi connectivity index (χ2v) is 14.7. The number of methoxy groups -OCH3 is 2. The molecular weight excluding hydrogens is 602 g/mol. The molecule has 6 rings (SSSR count). The highest BCUT2D eigenvalue weighted by Gasteiger charge is 2.54. The van der Waals surface area contributed by atoms with Gasteiger partial charge in [0.2, 0.25) is 11.9 Å². The second-order valence-electron chi connectivity index (χ2n) is 14.7. The Balaban J connectivity index is 1.25. The number of ether oxygens (including phenoxy) is 4. The van der Waals surface area contributed by atoms with E-state index in [0.717, 1.165) is 51.4 Å². The van der Waals surface area contributed by atoms with E-state index in [4.69, 9.17) is 18.9 Å². The van der Waals surface area contributed by atoms with Crippen molar-refractivity contribution in [1.82, 2.24) is 19.5 Å². The molecule has 0 aromatic carbocycles. The summed E-state index contributed by atoms with van der Waals surface area (Å²) in [4.78, 5) is 36.5. The van der Waals surface area contributed by atoms with E-state index >= 15 is 0 Å². The fourth-order valence-corrected chi connectivity index (χ4v) is 9.13. The number of H-pyrrole nitrogens is 1. The third-order valence-electron chi connectivity index (χ3n) is 11.7. The van der Waals surface area contributed by atoms with Gasteiger partial charge in [0, 0.05) is 26.6 Å². The third-order valence-corrected chi connectivity index (χ3v) is 11.7. The maximum atomic E-state index is 12.8. The van der Waals surface area contributed by atoms with E-state index in [1.165, 1.54) is 38.4 Å². The van der Waals surface area contributed by atoms with Gasteiger partial charge in [-0.3, -0.25) is 24.5 Å². The van der Waals surface area contributed by atoms with Crippen LogP contribution in [0.25, 0.3) is 11.2 Å². The SMILES string of the molecule is COC1CCC(C(OCC2OC(n3cnc4c(=O)[nH]c(NC(=O)C(C)C)nc43)CC2O)(C2CCCCC2)C2CCC(OC)CC2)CC1. The Labute approximate surface area is 277 Å². The lowest BCUT2D eigenvalue weighted by Gasteiger charge is -2.55. The molecule has 2 aromatic rings. The van der Waals surface area contributed by atoms with Crippen molar-refractivity contribution in [2.45, 2.75) is 140 Å². The average Bonchev–Trinajstić information content (AvgIpc) is 3.69. The normalized spacial score (nSPS) is 32.1. The molecule has 12 heteroatoms. The summed E-state index contributed by atoms with van der Waals surface area (Å²) in [5, 5.41) is 14.0. The number of fused-ring (bicyclic) bond motifs is 1. The molecule has 1 aliphatic heterocycles. The molecule has 4 aliphatic rings. The van der Waals surface area contributed by atoms with Crippen LogP contribution in [0.15, 0.2) is 11.1 Å². The molecule has 0 radical (unpaired) electrons. The zero-order valence-electron chi connectivity index (χ0n) is 28.6. The summed E-state index contributed by atoms with van der Waals surface area (Å²) in [6.07, 6.45) is 15.3. The van der Waals surface area contributed by atoms with E-state index in [2.05, 4.69) is 20.3 Å². The molecule has 47 heavy (non-hydrogen) atoms. The van der Waals surface area contributed by atoms with Crippen molar-refractivity contribution in [3.05, 3.63) is 16.7 Å². The lowest BCUT2D eigenvalue weighted by molar-refractivity contribution is -0.211. The number of carbonyl (C=O) groups is 1. The Morgan fingerprint density at radius 3 is 2.17 bits per heavy atom. The van der Waals surface area contributed by atoms with E-state index in [1.54, 1.807) is 18.4 Å². The number of rotatable bonds is 11. The predicted octanol–water partition coefficient (Wildman–Crippen LogP) is 5.11. The number of hydrogen-bond acceptors (Lipinski definition) is 9. The van der Waals surface area contributed by atoms with Crippen LogP contribution in [0.5, 0.6) is 0 Å². The molecule has 4 fully saturated rings. The maximum absolute atomic E-state index is 12.8. The number of aromatic nitrogens is 4. The number of aliphatic hydroxyl groups excluding tert-OH is 1. The molecule has 1 amide bonds. The van der Waals surface area contributed by atoms with Crippen LogP contribution in [0, 0.1) is 23.7 Å². The van der Waals surface area contributed by atoms with Crippen molar-refractivity contribution in [3.8, 4) is 0 Å². The van der Waals surface area contributed by atoms with Gasteiger partial charge in [-0.2, -0.15) is 4.98 Å². The van der Waals surface area contributed by atoms with Crippen LogP contribution in [0.3, 0.4) is 0 Å². The first-order chi connectivity index (χ1) is 22.7. The van der Waals surface area contributed by atoms with Gasteiger partial charge in [0.25, 0.3) is 5.56 Å². The van der Waals surface area contributed by atoms with Crippen molar-refractivity contribution in [2.24, 2.45) is 23.7 Å². The Morgan fingerprint density at radius 1 is 1.00 bits per heavy atom. The smallest absolute Gasteiger partial charge is 0.280 e. The largest absolute Gasteiger partial charge is 0.390 e. The molecule has 3 heterocycles. The summed E-state index contributed by atoms with van der Waals surface area (Å²) < 4.78 is 27.2. The number of aromatic amines is 1. The molecule has 0 spiro atoms. The van der Waals surface area contributed by atoms with Crippen molar-refractivity contribution < 1.29 is 28.8 Å². The third kappa shape index (κ3) is 7.18. The van der Waals surface area contributed by atoms with Crippen LogP contribution in [-0.2, 0) is 23.7 Å². The number of amides is 1. The molecule has 262 valence electrons. The molecule has 3 N–H and O–H groups in total. The Morgan fingerprint density at radius 2 is 1.60 bits per heavy atom. The van der Waals surface area contributed by atoms with Crippen LogP contribution in [-0.4, -0.2) is 81.4 Å². The minimum absolute atomic E-state index is 0.0602. The van der Waals surface area contributed by atoms with Gasteiger partial charge in [-0.25, -0.2) is 4.98 Å². The first-order valence-corrected chi connectivity index (χ1v) is 18.0. The number of anilines is 1. The second kappa shape index (κ2) is 15.0.